The summed E-state index contributed by atoms with van der Waals surface area (Å²) >= 11 is 3.46. The summed E-state index contributed by atoms with van der Waals surface area (Å²) in [5.74, 6) is -0.644. The summed E-state index contributed by atoms with van der Waals surface area (Å²) in [4.78, 5) is 22.4. The monoisotopic (exact) mass is 277 g/mol. The van der Waals surface area contributed by atoms with Crippen LogP contribution in [0.3, 0.4) is 0 Å². The lowest BCUT2D eigenvalue weighted by Gasteiger charge is -2.39. The highest BCUT2D eigenvalue weighted by Gasteiger charge is 2.64. The lowest BCUT2D eigenvalue weighted by atomic mass is 9.79. The third-order valence-electron chi connectivity index (χ3n) is 2.96. The van der Waals surface area contributed by atoms with E-state index in [-0.39, 0.29) is 40.9 Å². The summed E-state index contributed by atoms with van der Waals surface area (Å²) in [5, 5.41) is 3.09. The van der Waals surface area contributed by atoms with Gasteiger partial charge in [0.2, 0.25) is 0 Å². The third-order valence-corrected chi connectivity index (χ3v) is 4.14. The number of hydrogen-bond donors (Lipinski definition) is 1. The molecule has 0 unspecified atom stereocenters. The lowest BCUT2D eigenvalue weighted by Crippen LogP contribution is -2.55. The van der Waals surface area contributed by atoms with Gasteiger partial charge in [-0.15, -0.1) is 0 Å². The number of halogens is 1. The van der Waals surface area contributed by atoms with Gasteiger partial charge in [0.15, 0.2) is 0 Å². The molecule has 6 heteroatoms. The maximum absolute atomic E-state index is 11.4. The molecule has 2 heterocycles. The average Bonchev–Trinajstić information content (AvgIpc) is 2.72. The quantitative estimate of drug-likeness (QED) is 0.561. The fourth-order valence-electron chi connectivity index (χ4n) is 2.27. The number of ether oxygens (including phenoxy) is 2. The highest BCUT2D eigenvalue weighted by atomic mass is 79.9. The predicted molar refractivity (Wildman–Crippen MR) is 54.5 cm³/mol. The molecule has 5 nitrogen and oxygen atoms in total. The minimum atomic E-state index is -0.367. The molecule has 2 saturated heterocycles. The Morgan fingerprint density at radius 1 is 1.40 bits per heavy atom. The number of hydrogen-bond acceptors (Lipinski definition) is 5. The Morgan fingerprint density at radius 2 is 2.07 bits per heavy atom. The number of fused-ring (bicyclic) bond motifs is 1. The Balaban J connectivity index is 2.05. The van der Waals surface area contributed by atoms with Gasteiger partial charge in [0.1, 0.15) is 12.1 Å². The Kier molecular flexibility index (Phi) is 2.72. The maximum Gasteiger partial charge on any atom is 0.323 e. The number of carbonyl (C=O) groups excluding carboxylic acids is 2. The molecule has 0 aromatic carbocycles. The van der Waals surface area contributed by atoms with E-state index in [2.05, 4.69) is 26.0 Å². The fraction of sp³-hybridized carbons (Fsp3) is 0.778. The summed E-state index contributed by atoms with van der Waals surface area (Å²) in [6.45, 7) is 1.37. The first-order valence-corrected chi connectivity index (χ1v) is 5.63. The van der Waals surface area contributed by atoms with E-state index in [1.54, 1.807) is 0 Å². The van der Waals surface area contributed by atoms with Gasteiger partial charge in [-0.05, 0) is 0 Å². The summed E-state index contributed by atoms with van der Waals surface area (Å²) in [6, 6.07) is -0.350. The summed E-state index contributed by atoms with van der Waals surface area (Å²) < 4.78 is 9.80. The molecule has 1 N–H and O–H groups in total. The van der Waals surface area contributed by atoms with Crippen molar-refractivity contribution in [3.05, 3.63) is 0 Å². The normalized spacial score (nSPS) is 41.9. The first kappa shape index (κ1) is 10.9. The van der Waals surface area contributed by atoms with Crippen LogP contribution in [0.1, 0.15) is 6.92 Å². The van der Waals surface area contributed by atoms with E-state index < -0.39 is 0 Å². The van der Waals surface area contributed by atoms with Crippen LogP contribution < -0.4 is 5.32 Å². The highest BCUT2D eigenvalue weighted by Crippen LogP contribution is 2.45. The van der Waals surface area contributed by atoms with Gasteiger partial charge in [-0.2, -0.15) is 0 Å². The number of carbonyl (C=O) groups is 2. The summed E-state index contributed by atoms with van der Waals surface area (Å²) in [5.41, 5.74) is 0. The Morgan fingerprint density at radius 3 is 2.60 bits per heavy atom. The van der Waals surface area contributed by atoms with E-state index in [0.29, 0.717) is 0 Å². The van der Waals surface area contributed by atoms with Crippen molar-refractivity contribution in [3.63, 3.8) is 0 Å². The summed E-state index contributed by atoms with van der Waals surface area (Å²) in [6.07, 6.45) is -0.212. The predicted octanol–water partition coefficient (Wildman–Crippen LogP) is -0.175. The molecule has 3 rings (SSSR count). The van der Waals surface area contributed by atoms with Crippen molar-refractivity contribution < 1.29 is 19.1 Å². The van der Waals surface area contributed by atoms with E-state index in [1.165, 1.54) is 14.0 Å². The molecule has 0 spiro atoms. The van der Waals surface area contributed by atoms with Crippen LogP contribution in [0.5, 0.6) is 0 Å². The molecule has 2 bridgehead atoms. The molecule has 2 aliphatic heterocycles. The molecule has 0 aromatic heterocycles. The van der Waals surface area contributed by atoms with Crippen molar-refractivity contribution in [3.8, 4) is 0 Å². The maximum atomic E-state index is 11.4. The molecular formula is C9H12BrNO4. The standard InChI is InChI=1S/C9H12BrNO4/c1-3(12)15-8-4-5(10)7(8)11-6(4)9(13)14-2/h4-8,11H,1-2H3/t4-,5+,6-,7-,8-/m1/s1. The molecule has 0 amide bonds. The molecule has 3 fully saturated rings. The minimum Gasteiger partial charge on any atom is -0.468 e. The molecule has 15 heavy (non-hydrogen) atoms. The Hall–Kier alpha value is -0.620. The van der Waals surface area contributed by atoms with Crippen molar-refractivity contribution in [2.75, 3.05) is 7.11 Å². The van der Waals surface area contributed by atoms with Crippen LogP contribution in [-0.2, 0) is 19.1 Å². The van der Waals surface area contributed by atoms with Crippen molar-refractivity contribution in [1.29, 1.82) is 0 Å². The molecule has 84 valence electrons. The van der Waals surface area contributed by atoms with Crippen LogP contribution in [0.2, 0.25) is 0 Å². The van der Waals surface area contributed by atoms with E-state index in [1.807, 2.05) is 0 Å². The van der Waals surface area contributed by atoms with Gasteiger partial charge in [0.05, 0.1) is 13.2 Å². The van der Waals surface area contributed by atoms with E-state index in [4.69, 9.17) is 4.74 Å². The molecule has 5 atom stereocenters. The molecule has 1 aliphatic carbocycles. The number of methoxy groups -OCH3 is 1. The zero-order chi connectivity index (χ0) is 11.2. The van der Waals surface area contributed by atoms with Gasteiger partial charge in [0, 0.05) is 17.7 Å². The van der Waals surface area contributed by atoms with Crippen LogP contribution in [0.25, 0.3) is 0 Å². The molecular weight excluding hydrogens is 266 g/mol. The zero-order valence-electron chi connectivity index (χ0n) is 8.40. The van der Waals surface area contributed by atoms with Gasteiger partial charge in [0.25, 0.3) is 0 Å². The van der Waals surface area contributed by atoms with Crippen LogP contribution >= 0.6 is 15.9 Å². The SMILES string of the molecule is COC(=O)[C@@H]1N[C@@H]2[C@@H](Br)[C@H]1[C@H]2OC(C)=O. The van der Waals surface area contributed by atoms with Crippen molar-refractivity contribution in [2.24, 2.45) is 5.92 Å². The number of nitrogens with one attached hydrogen (secondary N) is 1. The lowest BCUT2D eigenvalue weighted by molar-refractivity contribution is -0.155. The van der Waals surface area contributed by atoms with E-state index >= 15 is 0 Å². The Bertz CT molecular complexity index is 308. The van der Waals surface area contributed by atoms with Crippen molar-refractivity contribution >= 4 is 27.9 Å². The fourth-order valence-corrected chi connectivity index (χ4v) is 3.33. The van der Waals surface area contributed by atoms with Crippen LogP contribution in [0, 0.1) is 5.92 Å². The first-order chi connectivity index (χ1) is 7.06. The number of esters is 2. The van der Waals surface area contributed by atoms with E-state index in [0.717, 1.165) is 0 Å². The molecule has 1 saturated carbocycles. The van der Waals surface area contributed by atoms with Gasteiger partial charge in [-0.1, -0.05) is 15.9 Å². The van der Waals surface area contributed by atoms with Gasteiger partial charge >= 0.3 is 11.9 Å². The van der Waals surface area contributed by atoms with Crippen LogP contribution in [0.15, 0.2) is 0 Å². The Labute approximate surface area is 95.6 Å². The number of rotatable bonds is 2. The van der Waals surface area contributed by atoms with Gasteiger partial charge in [-0.25, -0.2) is 0 Å². The third kappa shape index (κ3) is 1.56. The van der Waals surface area contributed by atoms with Crippen molar-refractivity contribution in [2.45, 2.75) is 29.9 Å². The second kappa shape index (κ2) is 3.75. The first-order valence-electron chi connectivity index (χ1n) is 4.71. The number of alkyl halides is 1. The highest BCUT2D eigenvalue weighted by molar-refractivity contribution is 9.09. The topological polar surface area (TPSA) is 64.6 Å². The zero-order valence-corrected chi connectivity index (χ0v) is 9.98. The van der Waals surface area contributed by atoms with Gasteiger partial charge < -0.3 is 9.47 Å². The summed E-state index contributed by atoms with van der Waals surface area (Å²) in [7, 11) is 1.35. The second-order valence-corrected chi connectivity index (χ2v) is 4.85. The van der Waals surface area contributed by atoms with E-state index in [9.17, 15) is 9.59 Å². The molecule has 0 aromatic rings. The smallest absolute Gasteiger partial charge is 0.323 e. The molecule has 3 aliphatic rings. The van der Waals surface area contributed by atoms with Gasteiger partial charge in [-0.3, -0.25) is 14.9 Å². The second-order valence-electron chi connectivity index (χ2n) is 3.79. The van der Waals surface area contributed by atoms with Crippen LogP contribution in [0.4, 0.5) is 0 Å². The van der Waals surface area contributed by atoms with Crippen LogP contribution in [-0.4, -0.2) is 42.1 Å². The molecule has 0 radical (unpaired) electrons. The average molecular weight is 278 g/mol. The minimum absolute atomic E-state index is 0.0167. The largest absolute Gasteiger partial charge is 0.468 e. The van der Waals surface area contributed by atoms with Crippen molar-refractivity contribution in [1.82, 2.24) is 5.32 Å².